The summed E-state index contributed by atoms with van der Waals surface area (Å²) in [5.74, 6) is 0.177. The number of methoxy groups -OCH3 is 1. The Kier molecular flexibility index (Phi) is 3.91. The van der Waals surface area contributed by atoms with E-state index in [2.05, 4.69) is 9.97 Å². The summed E-state index contributed by atoms with van der Waals surface area (Å²) in [6.45, 7) is 1.79. The molecule has 2 aromatic heterocycles. The predicted octanol–water partition coefficient (Wildman–Crippen LogP) is 3.65. The van der Waals surface area contributed by atoms with Crippen LogP contribution in [0.1, 0.15) is 33.5 Å². The molecule has 0 N–H and O–H groups in total. The van der Waals surface area contributed by atoms with Crippen molar-refractivity contribution in [1.82, 2.24) is 9.97 Å². The van der Waals surface area contributed by atoms with Gasteiger partial charge in [0.2, 0.25) is 0 Å². The Morgan fingerprint density at radius 1 is 1.19 bits per heavy atom. The molecule has 26 heavy (non-hydrogen) atoms. The van der Waals surface area contributed by atoms with Gasteiger partial charge in [-0.15, -0.1) is 0 Å². The van der Waals surface area contributed by atoms with Gasteiger partial charge in [0.1, 0.15) is 34.6 Å². The summed E-state index contributed by atoms with van der Waals surface area (Å²) >= 11 is 0. The molecule has 1 aliphatic heterocycles. The number of hydrogen-bond donors (Lipinski definition) is 0. The van der Waals surface area contributed by atoms with Gasteiger partial charge in [0.25, 0.3) is 0 Å². The highest BCUT2D eigenvalue weighted by atomic mass is 19.1. The van der Waals surface area contributed by atoms with E-state index in [0.29, 0.717) is 28.5 Å². The smallest absolute Gasteiger partial charge is 0.343 e. The Morgan fingerprint density at radius 3 is 2.69 bits per heavy atom. The lowest BCUT2D eigenvalue weighted by molar-refractivity contribution is 0.0380. The fourth-order valence-electron chi connectivity index (χ4n) is 2.97. The molecule has 0 radical (unpaired) electrons. The normalized spacial score (nSPS) is 15.7. The first kappa shape index (κ1) is 16.3. The fourth-order valence-corrected chi connectivity index (χ4v) is 2.97. The number of esters is 1. The second-order valence-electron chi connectivity index (χ2n) is 5.92. The number of cyclic esters (lactones) is 1. The van der Waals surface area contributed by atoms with E-state index in [1.54, 1.807) is 37.3 Å². The van der Waals surface area contributed by atoms with Crippen molar-refractivity contribution < 1.29 is 23.1 Å². The summed E-state index contributed by atoms with van der Waals surface area (Å²) in [5, 5.41) is 0. The van der Waals surface area contributed by atoms with E-state index < -0.39 is 12.1 Å². The lowest BCUT2D eigenvalue weighted by Crippen LogP contribution is -2.07. The number of carbonyl (C=O) groups is 1. The fraction of sp³-hybridized carbons (Fsp3) is 0.211. The van der Waals surface area contributed by atoms with Crippen molar-refractivity contribution in [3.8, 4) is 17.5 Å². The van der Waals surface area contributed by atoms with Crippen molar-refractivity contribution >= 4 is 5.97 Å². The molecular formula is C19H15FN2O4. The lowest BCUT2D eigenvalue weighted by Gasteiger charge is -2.11. The predicted molar refractivity (Wildman–Crippen MR) is 89.3 cm³/mol. The third-order valence-electron chi connectivity index (χ3n) is 4.19. The number of fused-ring (bicyclic) bond motifs is 1. The number of ether oxygens (including phenoxy) is 2. The molecule has 0 aliphatic carbocycles. The second-order valence-corrected chi connectivity index (χ2v) is 5.92. The molecule has 132 valence electrons. The van der Waals surface area contributed by atoms with E-state index in [1.807, 2.05) is 0 Å². The largest absolute Gasteiger partial charge is 0.467 e. The molecule has 0 bridgehead atoms. The number of carbonyl (C=O) groups excluding carboxylic acids is 1. The molecule has 7 heteroatoms. The minimum atomic E-state index is -0.721. The van der Waals surface area contributed by atoms with Crippen molar-refractivity contribution in [3.05, 3.63) is 64.8 Å². The Labute approximate surface area is 148 Å². The quantitative estimate of drug-likeness (QED) is 0.666. The van der Waals surface area contributed by atoms with Crippen LogP contribution in [0.25, 0.3) is 11.5 Å². The molecule has 0 fully saturated rings. The monoisotopic (exact) mass is 354 g/mol. The van der Waals surface area contributed by atoms with Gasteiger partial charge in [-0.2, -0.15) is 9.97 Å². The van der Waals surface area contributed by atoms with Crippen molar-refractivity contribution in [2.45, 2.75) is 19.4 Å². The highest BCUT2D eigenvalue weighted by Gasteiger charge is 2.38. The van der Waals surface area contributed by atoms with Gasteiger partial charge in [0, 0.05) is 6.42 Å². The molecule has 0 spiro atoms. The molecule has 0 saturated heterocycles. The number of rotatable bonds is 4. The van der Waals surface area contributed by atoms with Gasteiger partial charge in [-0.25, -0.2) is 9.18 Å². The maximum Gasteiger partial charge on any atom is 0.343 e. The maximum atomic E-state index is 14.0. The molecule has 0 amide bonds. The zero-order valence-electron chi connectivity index (χ0n) is 14.2. The third-order valence-corrected chi connectivity index (χ3v) is 4.19. The molecule has 1 aliphatic rings. The van der Waals surface area contributed by atoms with Crippen LogP contribution >= 0.6 is 0 Å². The molecule has 4 rings (SSSR count). The van der Waals surface area contributed by atoms with Gasteiger partial charge in [0.15, 0.2) is 5.76 Å². The number of hydrogen-bond acceptors (Lipinski definition) is 6. The zero-order chi connectivity index (χ0) is 18.3. The van der Waals surface area contributed by atoms with Crippen LogP contribution in [-0.4, -0.2) is 23.0 Å². The van der Waals surface area contributed by atoms with E-state index in [4.69, 9.17) is 13.9 Å². The maximum absolute atomic E-state index is 14.0. The summed E-state index contributed by atoms with van der Waals surface area (Å²) < 4.78 is 30.2. The van der Waals surface area contributed by atoms with Crippen LogP contribution in [0.2, 0.25) is 0 Å². The zero-order valence-corrected chi connectivity index (χ0v) is 14.2. The molecule has 0 saturated carbocycles. The Hall–Kier alpha value is -3.22. The van der Waals surface area contributed by atoms with E-state index in [9.17, 15) is 9.18 Å². The molecule has 1 aromatic carbocycles. The number of aromatic nitrogens is 2. The highest BCUT2D eigenvalue weighted by molar-refractivity contribution is 5.99. The SMILES string of the molecule is COc1nc(-c2ccc(C)o2)c2c(n1)C(Cc1ccccc1F)OC2=O. The van der Waals surface area contributed by atoms with Crippen LogP contribution in [0.5, 0.6) is 6.01 Å². The Balaban J connectivity index is 1.81. The van der Waals surface area contributed by atoms with Gasteiger partial charge >= 0.3 is 12.0 Å². The van der Waals surface area contributed by atoms with Crippen LogP contribution < -0.4 is 4.74 Å². The summed E-state index contributed by atoms with van der Waals surface area (Å²) in [7, 11) is 1.43. The third kappa shape index (κ3) is 2.71. The number of nitrogens with zero attached hydrogens (tertiary/aromatic N) is 2. The van der Waals surface area contributed by atoms with Crippen LogP contribution in [0.4, 0.5) is 4.39 Å². The Bertz CT molecular complexity index is 999. The minimum absolute atomic E-state index is 0.0876. The van der Waals surface area contributed by atoms with E-state index >= 15 is 0 Å². The van der Waals surface area contributed by atoms with Crippen LogP contribution in [0.3, 0.4) is 0 Å². The van der Waals surface area contributed by atoms with E-state index in [0.717, 1.165) is 0 Å². The van der Waals surface area contributed by atoms with Gasteiger partial charge in [0.05, 0.1) is 7.11 Å². The topological polar surface area (TPSA) is 74.5 Å². The number of aryl methyl sites for hydroxylation is 1. The van der Waals surface area contributed by atoms with Crippen molar-refractivity contribution in [1.29, 1.82) is 0 Å². The summed E-state index contributed by atoms with van der Waals surface area (Å²) in [5.41, 5.74) is 1.34. The Morgan fingerprint density at radius 2 is 2.00 bits per heavy atom. The van der Waals surface area contributed by atoms with Crippen molar-refractivity contribution in [2.75, 3.05) is 7.11 Å². The summed E-state index contributed by atoms with van der Waals surface area (Å²) in [4.78, 5) is 21.0. The van der Waals surface area contributed by atoms with Gasteiger partial charge < -0.3 is 13.9 Å². The van der Waals surface area contributed by atoms with Crippen molar-refractivity contribution in [3.63, 3.8) is 0 Å². The minimum Gasteiger partial charge on any atom is -0.467 e. The van der Waals surface area contributed by atoms with Crippen molar-refractivity contribution in [2.24, 2.45) is 0 Å². The van der Waals surface area contributed by atoms with E-state index in [1.165, 1.54) is 13.2 Å². The highest BCUT2D eigenvalue weighted by Crippen LogP contribution is 2.38. The summed E-state index contributed by atoms with van der Waals surface area (Å²) in [6.07, 6.45) is -0.552. The number of benzene rings is 1. The second kappa shape index (κ2) is 6.25. The van der Waals surface area contributed by atoms with Crippen LogP contribution in [0, 0.1) is 12.7 Å². The van der Waals surface area contributed by atoms with Crippen LogP contribution in [-0.2, 0) is 11.2 Å². The molecular weight excluding hydrogens is 339 g/mol. The average Bonchev–Trinajstić information content (AvgIpc) is 3.20. The standard InChI is InChI=1S/C19H15FN2O4/c1-10-7-8-13(25-10)16-15-17(22-19(21-16)24-2)14(26-18(15)23)9-11-5-3-4-6-12(11)20/h3-8,14H,9H2,1-2H3. The first-order chi connectivity index (χ1) is 12.6. The molecule has 3 aromatic rings. The lowest BCUT2D eigenvalue weighted by atomic mass is 10.0. The molecule has 1 atom stereocenters. The van der Waals surface area contributed by atoms with Gasteiger partial charge in [-0.1, -0.05) is 18.2 Å². The van der Waals surface area contributed by atoms with Crippen LogP contribution in [0.15, 0.2) is 40.8 Å². The molecule has 3 heterocycles. The summed E-state index contributed by atoms with van der Waals surface area (Å²) in [6, 6.07) is 9.93. The van der Waals surface area contributed by atoms with E-state index in [-0.39, 0.29) is 23.8 Å². The van der Waals surface area contributed by atoms with Gasteiger partial charge in [-0.05, 0) is 30.7 Å². The molecule has 1 unspecified atom stereocenters. The molecule has 6 nitrogen and oxygen atoms in total. The first-order valence-corrected chi connectivity index (χ1v) is 8.04. The number of furan rings is 1. The number of halogens is 1. The van der Waals surface area contributed by atoms with Gasteiger partial charge in [-0.3, -0.25) is 0 Å². The first-order valence-electron chi connectivity index (χ1n) is 8.04. The average molecular weight is 354 g/mol.